The molecule has 0 radical (unpaired) electrons. The molecule has 2 heterocycles. The molecule has 88 valence electrons. The summed E-state index contributed by atoms with van der Waals surface area (Å²) in [7, 11) is 2.24. The molecule has 2 rings (SSSR count). The third-order valence-electron chi connectivity index (χ3n) is 3.53. The van der Waals surface area contributed by atoms with E-state index in [0.29, 0.717) is 0 Å². The van der Waals surface area contributed by atoms with Crippen molar-refractivity contribution in [2.24, 2.45) is 0 Å². The summed E-state index contributed by atoms with van der Waals surface area (Å²) in [5, 5.41) is 3.47. The molecule has 0 saturated carbocycles. The average Bonchev–Trinajstić information content (AvgIpc) is 2.29. The standard InChI is InChI=1S/C11H23N3O/c1-13-5-3-12-10-11(13)2-4-14-6-8-15-9-7-14/h11-12H,2-10H2,1H3. The van der Waals surface area contributed by atoms with E-state index in [0.717, 1.165) is 45.4 Å². The van der Waals surface area contributed by atoms with Crippen molar-refractivity contribution in [2.45, 2.75) is 12.5 Å². The number of hydrogen-bond acceptors (Lipinski definition) is 4. The van der Waals surface area contributed by atoms with Gasteiger partial charge in [-0.15, -0.1) is 0 Å². The molecule has 1 unspecified atom stereocenters. The molecule has 0 aromatic rings. The van der Waals surface area contributed by atoms with Gasteiger partial charge in [0.05, 0.1) is 13.2 Å². The molecule has 4 heteroatoms. The van der Waals surface area contributed by atoms with Crippen LogP contribution < -0.4 is 5.32 Å². The van der Waals surface area contributed by atoms with Crippen molar-refractivity contribution in [3.8, 4) is 0 Å². The van der Waals surface area contributed by atoms with Crippen molar-refractivity contribution in [3.63, 3.8) is 0 Å². The Kier molecular flexibility index (Phi) is 4.38. The topological polar surface area (TPSA) is 27.7 Å². The second kappa shape index (κ2) is 5.80. The maximum atomic E-state index is 5.35. The van der Waals surface area contributed by atoms with Gasteiger partial charge in [-0.2, -0.15) is 0 Å². The second-order valence-corrected chi connectivity index (χ2v) is 4.58. The molecular formula is C11H23N3O. The lowest BCUT2D eigenvalue weighted by molar-refractivity contribution is 0.0329. The summed E-state index contributed by atoms with van der Waals surface area (Å²) < 4.78 is 5.35. The summed E-state index contributed by atoms with van der Waals surface area (Å²) in [4.78, 5) is 5.00. The van der Waals surface area contributed by atoms with Crippen LogP contribution in [0, 0.1) is 0 Å². The van der Waals surface area contributed by atoms with E-state index >= 15 is 0 Å². The molecule has 0 bridgehead atoms. The molecule has 2 aliphatic heterocycles. The third kappa shape index (κ3) is 3.41. The normalized spacial score (nSPS) is 30.6. The third-order valence-corrected chi connectivity index (χ3v) is 3.53. The molecule has 2 saturated heterocycles. The number of nitrogens with one attached hydrogen (secondary N) is 1. The molecule has 2 fully saturated rings. The lowest BCUT2D eigenvalue weighted by atomic mass is 10.1. The van der Waals surface area contributed by atoms with Crippen molar-refractivity contribution in [3.05, 3.63) is 0 Å². The fraction of sp³-hybridized carbons (Fsp3) is 1.00. The zero-order valence-electron chi connectivity index (χ0n) is 9.74. The molecule has 1 N–H and O–H groups in total. The molecule has 0 aromatic heterocycles. The Hall–Kier alpha value is -0.160. The Labute approximate surface area is 92.6 Å². The van der Waals surface area contributed by atoms with Gasteiger partial charge in [0.2, 0.25) is 0 Å². The zero-order chi connectivity index (χ0) is 10.5. The summed E-state index contributed by atoms with van der Waals surface area (Å²) in [5.74, 6) is 0. The van der Waals surface area contributed by atoms with Gasteiger partial charge in [0.1, 0.15) is 0 Å². The minimum absolute atomic E-state index is 0.724. The Balaban J connectivity index is 1.67. The second-order valence-electron chi connectivity index (χ2n) is 4.58. The highest BCUT2D eigenvalue weighted by atomic mass is 16.5. The van der Waals surface area contributed by atoms with Crippen LogP contribution in [0.25, 0.3) is 0 Å². The predicted octanol–water partition coefficient (Wildman–Crippen LogP) is -0.388. The number of rotatable bonds is 3. The number of piperazine rings is 1. The van der Waals surface area contributed by atoms with E-state index in [1.165, 1.54) is 19.5 Å². The van der Waals surface area contributed by atoms with Gasteiger partial charge in [-0.3, -0.25) is 4.90 Å². The van der Waals surface area contributed by atoms with E-state index in [9.17, 15) is 0 Å². The molecule has 0 amide bonds. The molecule has 0 spiro atoms. The highest BCUT2D eigenvalue weighted by Gasteiger charge is 2.19. The first-order valence-electron chi connectivity index (χ1n) is 6.07. The summed E-state index contributed by atoms with van der Waals surface area (Å²) in [5.41, 5.74) is 0. The highest BCUT2D eigenvalue weighted by molar-refractivity contribution is 4.78. The smallest absolute Gasteiger partial charge is 0.0594 e. The largest absolute Gasteiger partial charge is 0.379 e. The SMILES string of the molecule is CN1CCNCC1CCN1CCOCC1. The zero-order valence-corrected chi connectivity index (χ0v) is 9.74. The number of likely N-dealkylation sites (N-methyl/N-ethyl adjacent to an activating group) is 1. The summed E-state index contributed by atoms with van der Waals surface area (Å²) in [6, 6.07) is 0.724. The quantitative estimate of drug-likeness (QED) is 0.691. The van der Waals surface area contributed by atoms with Gasteiger partial charge in [0.15, 0.2) is 0 Å². The van der Waals surface area contributed by atoms with Crippen LogP contribution in [-0.4, -0.2) is 75.4 Å². The van der Waals surface area contributed by atoms with Crippen LogP contribution in [0.4, 0.5) is 0 Å². The van der Waals surface area contributed by atoms with Crippen LogP contribution in [0.1, 0.15) is 6.42 Å². The maximum Gasteiger partial charge on any atom is 0.0594 e. The first-order valence-corrected chi connectivity index (χ1v) is 6.07. The van der Waals surface area contributed by atoms with Crippen molar-refractivity contribution >= 4 is 0 Å². The Morgan fingerprint density at radius 1 is 1.27 bits per heavy atom. The van der Waals surface area contributed by atoms with E-state index < -0.39 is 0 Å². The molecular weight excluding hydrogens is 190 g/mol. The van der Waals surface area contributed by atoms with Crippen LogP contribution in [0.15, 0.2) is 0 Å². The first-order chi connectivity index (χ1) is 7.36. The molecule has 1 atom stereocenters. The van der Waals surface area contributed by atoms with Gasteiger partial charge in [-0.25, -0.2) is 0 Å². The Morgan fingerprint density at radius 2 is 2.07 bits per heavy atom. The molecule has 15 heavy (non-hydrogen) atoms. The summed E-state index contributed by atoms with van der Waals surface area (Å²) >= 11 is 0. The summed E-state index contributed by atoms with van der Waals surface area (Å²) in [6.07, 6.45) is 1.28. The Morgan fingerprint density at radius 3 is 2.80 bits per heavy atom. The van der Waals surface area contributed by atoms with E-state index in [1.54, 1.807) is 0 Å². The maximum absolute atomic E-state index is 5.35. The van der Waals surface area contributed by atoms with E-state index in [1.807, 2.05) is 0 Å². The Bertz CT molecular complexity index is 183. The lowest BCUT2D eigenvalue weighted by Gasteiger charge is -2.35. The number of ether oxygens (including phenoxy) is 1. The van der Waals surface area contributed by atoms with Gasteiger partial charge in [-0.05, 0) is 20.0 Å². The predicted molar refractivity (Wildman–Crippen MR) is 61.2 cm³/mol. The van der Waals surface area contributed by atoms with Crippen molar-refractivity contribution in [1.82, 2.24) is 15.1 Å². The molecule has 4 nitrogen and oxygen atoms in total. The molecule has 0 aliphatic carbocycles. The van der Waals surface area contributed by atoms with Gasteiger partial charge in [-0.1, -0.05) is 0 Å². The van der Waals surface area contributed by atoms with E-state index in [2.05, 4.69) is 22.2 Å². The summed E-state index contributed by atoms with van der Waals surface area (Å²) in [6.45, 7) is 8.77. The van der Waals surface area contributed by atoms with Crippen molar-refractivity contribution in [2.75, 3.05) is 59.5 Å². The van der Waals surface area contributed by atoms with Crippen LogP contribution in [0.2, 0.25) is 0 Å². The van der Waals surface area contributed by atoms with E-state index in [4.69, 9.17) is 4.74 Å². The lowest BCUT2D eigenvalue weighted by Crippen LogP contribution is -2.50. The minimum Gasteiger partial charge on any atom is -0.379 e. The monoisotopic (exact) mass is 213 g/mol. The fourth-order valence-corrected chi connectivity index (χ4v) is 2.34. The average molecular weight is 213 g/mol. The van der Waals surface area contributed by atoms with Crippen LogP contribution in [0.5, 0.6) is 0 Å². The van der Waals surface area contributed by atoms with Gasteiger partial charge < -0.3 is 15.0 Å². The number of nitrogens with zero attached hydrogens (tertiary/aromatic N) is 2. The highest BCUT2D eigenvalue weighted by Crippen LogP contribution is 2.07. The van der Waals surface area contributed by atoms with E-state index in [-0.39, 0.29) is 0 Å². The van der Waals surface area contributed by atoms with Crippen LogP contribution in [0.3, 0.4) is 0 Å². The van der Waals surface area contributed by atoms with Gasteiger partial charge >= 0.3 is 0 Å². The first kappa shape index (κ1) is 11.3. The minimum atomic E-state index is 0.724. The van der Waals surface area contributed by atoms with Gasteiger partial charge in [0.25, 0.3) is 0 Å². The fourth-order valence-electron chi connectivity index (χ4n) is 2.34. The van der Waals surface area contributed by atoms with Crippen LogP contribution in [-0.2, 0) is 4.74 Å². The molecule has 0 aromatic carbocycles. The van der Waals surface area contributed by atoms with Gasteiger partial charge in [0, 0.05) is 38.8 Å². The van der Waals surface area contributed by atoms with Crippen LogP contribution >= 0.6 is 0 Å². The number of hydrogen-bond donors (Lipinski definition) is 1. The number of morpholine rings is 1. The molecule has 2 aliphatic rings. The van der Waals surface area contributed by atoms with Crippen molar-refractivity contribution in [1.29, 1.82) is 0 Å². The van der Waals surface area contributed by atoms with Crippen molar-refractivity contribution < 1.29 is 4.74 Å².